The van der Waals surface area contributed by atoms with E-state index in [1.165, 1.54) is 24.3 Å². The number of hydrogen-bond acceptors (Lipinski definition) is 4. The summed E-state index contributed by atoms with van der Waals surface area (Å²) in [6.45, 7) is 0. The van der Waals surface area contributed by atoms with E-state index in [9.17, 15) is 14.4 Å². The topological polar surface area (TPSA) is 83.6 Å². The van der Waals surface area contributed by atoms with Gasteiger partial charge in [0.15, 0.2) is 0 Å². The van der Waals surface area contributed by atoms with Crippen molar-refractivity contribution in [1.82, 2.24) is 14.8 Å². The number of anilines is 1. The molecule has 0 atom stereocenters. The molecule has 0 saturated heterocycles. The van der Waals surface area contributed by atoms with Gasteiger partial charge in [0.1, 0.15) is 17.5 Å². The summed E-state index contributed by atoms with van der Waals surface area (Å²) in [6, 6.07) is 11.2. The molecular weight excluding hydrogens is 333 g/mol. The molecule has 0 radical (unpaired) electrons. The van der Waals surface area contributed by atoms with Crippen LogP contribution in [0.25, 0.3) is 17.3 Å². The second-order valence-corrected chi connectivity index (χ2v) is 5.45. The second kappa shape index (κ2) is 7.40. The minimum Gasteiger partial charge on any atom is -0.319 e. The van der Waals surface area contributed by atoms with Gasteiger partial charge in [-0.25, -0.2) is 4.39 Å². The van der Waals surface area contributed by atoms with E-state index >= 15 is 0 Å². The van der Waals surface area contributed by atoms with E-state index in [1.807, 2.05) is 6.07 Å². The van der Waals surface area contributed by atoms with Crippen LogP contribution in [0, 0.1) is 17.1 Å². The SMILES string of the molecule is Cn1cc(C=C(C#N)C(=O)Nc2ccccc2F)c(-c2ccncc2)n1. The Morgan fingerprint density at radius 3 is 2.69 bits per heavy atom. The Balaban J connectivity index is 1.94. The molecule has 0 aliphatic rings. The molecule has 3 rings (SSSR count). The zero-order valence-corrected chi connectivity index (χ0v) is 13.8. The predicted molar refractivity (Wildman–Crippen MR) is 95.1 cm³/mol. The maximum absolute atomic E-state index is 13.7. The Hall–Kier alpha value is -3.79. The van der Waals surface area contributed by atoms with Crippen LogP contribution >= 0.6 is 0 Å². The molecule has 0 bridgehead atoms. The van der Waals surface area contributed by atoms with Crippen molar-refractivity contribution in [3.63, 3.8) is 0 Å². The number of pyridine rings is 1. The third kappa shape index (κ3) is 3.65. The predicted octanol–water partition coefficient (Wildman–Crippen LogP) is 3.17. The smallest absolute Gasteiger partial charge is 0.266 e. The summed E-state index contributed by atoms with van der Waals surface area (Å²) >= 11 is 0. The molecule has 0 saturated carbocycles. The maximum Gasteiger partial charge on any atom is 0.266 e. The van der Waals surface area contributed by atoms with Crippen molar-refractivity contribution in [2.45, 2.75) is 0 Å². The number of halogens is 1. The van der Waals surface area contributed by atoms with Gasteiger partial charge in [0, 0.05) is 36.8 Å². The number of nitrogens with one attached hydrogen (secondary N) is 1. The standard InChI is InChI=1S/C19H14FN5O/c1-25-12-15(18(24-25)13-6-8-22-9-7-13)10-14(11-21)19(26)23-17-5-3-2-4-16(17)20/h2-10,12H,1H3,(H,23,26). The first-order valence-electron chi connectivity index (χ1n) is 7.70. The van der Waals surface area contributed by atoms with Gasteiger partial charge in [-0.2, -0.15) is 10.4 Å². The molecule has 3 aromatic rings. The molecule has 2 aromatic heterocycles. The molecule has 1 aromatic carbocycles. The van der Waals surface area contributed by atoms with E-state index in [0.29, 0.717) is 11.3 Å². The molecular formula is C19H14FN5O. The molecule has 0 aliphatic heterocycles. The number of hydrogen-bond donors (Lipinski definition) is 1. The van der Waals surface area contributed by atoms with Gasteiger partial charge < -0.3 is 5.32 Å². The van der Waals surface area contributed by atoms with E-state index in [0.717, 1.165) is 5.56 Å². The normalized spacial score (nSPS) is 11.0. The first-order chi connectivity index (χ1) is 12.6. The van der Waals surface area contributed by atoms with E-state index < -0.39 is 11.7 Å². The highest BCUT2D eigenvalue weighted by Gasteiger charge is 2.15. The largest absolute Gasteiger partial charge is 0.319 e. The highest BCUT2D eigenvalue weighted by molar-refractivity contribution is 6.10. The first-order valence-corrected chi connectivity index (χ1v) is 7.70. The van der Waals surface area contributed by atoms with Crippen molar-refractivity contribution in [2.75, 3.05) is 5.32 Å². The average Bonchev–Trinajstić information content (AvgIpc) is 3.02. The molecule has 0 fully saturated rings. The van der Waals surface area contributed by atoms with Crippen molar-refractivity contribution in [3.05, 3.63) is 71.9 Å². The van der Waals surface area contributed by atoms with E-state index in [4.69, 9.17) is 0 Å². The van der Waals surface area contributed by atoms with Gasteiger partial charge >= 0.3 is 0 Å². The fraction of sp³-hybridized carbons (Fsp3) is 0.0526. The number of nitrogens with zero attached hydrogens (tertiary/aromatic N) is 4. The number of rotatable bonds is 4. The average molecular weight is 347 g/mol. The van der Waals surface area contributed by atoms with Crippen LogP contribution in [0.15, 0.2) is 60.6 Å². The molecule has 1 N–H and O–H groups in total. The third-order valence-electron chi connectivity index (χ3n) is 3.60. The number of aryl methyl sites for hydroxylation is 1. The van der Waals surface area contributed by atoms with Crippen molar-refractivity contribution >= 4 is 17.7 Å². The van der Waals surface area contributed by atoms with E-state index in [-0.39, 0.29) is 11.3 Å². The number of carbonyl (C=O) groups excluding carboxylic acids is 1. The summed E-state index contributed by atoms with van der Waals surface area (Å²) in [7, 11) is 1.74. The molecule has 1 amide bonds. The van der Waals surface area contributed by atoms with E-state index in [1.54, 1.807) is 48.5 Å². The highest BCUT2D eigenvalue weighted by atomic mass is 19.1. The zero-order chi connectivity index (χ0) is 18.5. The Bertz CT molecular complexity index is 1020. The molecule has 2 heterocycles. The minimum absolute atomic E-state index is 0.0131. The fourth-order valence-electron chi connectivity index (χ4n) is 2.40. The van der Waals surface area contributed by atoms with E-state index in [2.05, 4.69) is 15.4 Å². The molecule has 7 heteroatoms. The van der Waals surface area contributed by atoms with Crippen LogP contribution in [0.1, 0.15) is 5.56 Å². The second-order valence-electron chi connectivity index (χ2n) is 5.45. The van der Waals surface area contributed by atoms with Gasteiger partial charge in [-0.3, -0.25) is 14.5 Å². The number of aromatic nitrogens is 3. The number of amides is 1. The molecule has 26 heavy (non-hydrogen) atoms. The number of nitriles is 1. The Morgan fingerprint density at radius 1 is 1.27 bits per heavy atom. The van der Waals surface area contributed by atoms with Crippen LogP contribution in [0.5, 0.6) is 0 Å². The lowest BCUT2D eigenvalue weighted by molar-refractivity contribution is -0.112. The summed E-state index contributed by atoms with van der Waals surface area (Å²) in [4.78, 5) is 16.3. The van der Waals surface area contributed by atoms with Gasteiger partial charge in [-0.15, -0.1) is 0 Å². The van der Waals surface area contributed by atoms with Gasteiger partial charge in [-0.1, -0.05) is 12.1 Å². The third-order valence-corrected chi connectivity index (χ3v) is 3.60. The molecule has 128 valence electrons. The summed E-state index contributed by atoms with van der Waals surface area (Å²) in [5.41, 5.74) is 1.87. The van der Waals surface area contributed by atoms with Crippen molar-refractivity contribution in [2.24, 2.45) is 7.05 Å². The number of carbonyl (C=O) groups is 1. The van der Waals surface area contributed by atoms with Crippen LogP contribution in [0.4, 0.5) is 10.1 Å². The Labute approximate surface area is 149 Å². The Morgan fingerprint density at radius 2 is 2.00 bits per heavy atom. The molecule has 0 spiro atoms. The van der Waals surface area contributed by atoms with Gasteiger partial charge in [0.2, 0.25) is 0 Å². The van der Waals surface area contributed by atoms with Gasteiger partial charge in [0.25, 0.3) is 5.91 Å². The summed E-state index contributed by atoms with van der Waals surface area (Å²) < 4.78 is 15.3. The zero-order valence-electron chi connectivity index (χ0n) is 13.8. The van der Waals surface area contributed by atoms with Crippen LogP contribution < -0.4 is 5.32 Å². The number of benzene rings is 1. The van der Waals surface area contributed by atoms with Crippen LogP contribution in [-0.2, 0) is 11.8 Å². The summed E-state index contributed by atoms with van der Waals surface area (Å²) in [5, 5.41) is 16.1. The lowest BCUT2D eigenvalue weighted by Gasteiger charge is -2.05. The van der Waals surface area contributed by atoms with Crippen LogP contribution in [0.2, 0.25) is 0 Å². The number of para-hydroxylation sites is 1. The first kappa shape index (κ1) is 17.0. The fourth-order valence-corrected chi connectivity index (χ4v) is 2.40. The minimum atomic E-state index is -0.692. The quantitative estimate of drug-likeness (QED) is 0.580. The summed E-state index contributed by atoms with van der Waals surface area (Å²) in [5.74, 6) is -1.26. The van der Waals surface area contributed by atoms with Gasteiger partial charge in [-0.05, 0) is 30.3 Å². The van der Waals surface area contributed by atoms with Crippen molar-refractivity contribution in [3.8, 4) is 17.3 Å². The van der Waals surface area contributed by atoms with Crippen LogP contribution in [0.3, 0.4) is 0 Å². The highest BCUT2D eigenvalue weighted by Crippen LogP contribution is 2.23. The lowest BCUT2D eigenvalue weighted by Crippen LogP contribution is -2.14. The van der Waals surface area contributed by atoms with Crippen LogP contribution in [-0.4, -0.2) is 20.7 Å². The Kier molecular flexibility index (Phi) is 4.85. The van der Waals surface area contributed by atoms with Crippen molar-refractivity contribution < 1.29 is 9.18 Å². The van der Waals surface area contributed by atoms with Gasteiger partial charge in [0.05, 0.1) is 11.4 Å². The molecule has 6 nitrogen and oxygen atoms in total. The summed E-state index contributed by atoms with van der Waals surface area (Å²) in [6.07, 6.45) is 6.39. The lowest BCUT2D eigenvalue weighted by atomic mass is 10.1. The monoisotopic (exact) mass is 347 g/mol. The maximum atomic E-state index is 13.7. The molecule has 0 unspecified atom stereocenters. The van der Waals surface area contributed by atoms with Crippen molar-refractivity contribution in [1.29, 1.82) is 5.26 Å². The molecule has 0 aliphatic carbocycles.